The second-order valence-corrected chi connectivity index (χ2v) is 6.28. The standard InChI is InChI=1S/C20H23N5O2/c1-15(16(2)27-18-6-4-3-5-7-18)22-20(26)23-19-10-13-25(24-19)14-17-8-11-21-12-9-17/h3-13,15-16H,14H2,1-2H3,(H2,22,23,24,26). The van der Waals surface area contributed by atoms with Gasteiger partial charge in [-0.15, -0.1) is 0 Å². The highest BCUT2D eigenvalue weighted by Gasteiger charge is 2.17. The fourth-order valence-electron chi connectivity index (χ4n) is 2.48. The van der Waals surface area contributed by atoms with Gasteiger partial charge in [0.25, 0.3) is 0 Å². The van der Waals surface area contributed by atoms with Gasteiger partial charge < -0.3 is 10.1 Å². The lowest BCUT2D eigenvalue weighted by atomic mass is 10.2. The highest BCUT2D eigenvalue weighted by atomic mass is 16.5. The molecule has 140 valence electrons. The zero-order valence-electron chi connectivity index (χ0n) is 15.4. The maximum absolute atomic E-state index is 12.2. The molecule has 0 radical (unpaired) electrons. The molecule has 3 rings (SSSR count). The number of hydrogen-bond donors (Lipinski definition) is 2. The molecule has 0 saturated heterocycles. The first kappa shape index (κ1) is 18.4. The van der Waals surface area contributed by atoms with E-state index in [9.17, 15) is 4.79 Å². The Balaban J connectivity index is 1.48. The van der Waals surface area contributed by atoms with Crippen LogP contribution in [0.4, 0.5) is 10.6 Å². The number of anilines is 1. The first-order valence-electron chi connectivity index (χ1n) is 8.82. The molecule has 0 saturated carbocycles. The van der Waals surface area contributed by atoms with E-state index >= 15 is 0 Å². The number of hydrogen-bond acceptors (Lipinski definition) is 4. The second-order valence-electron chi connectivity index (χ2n) is 6.28. The molecule has 0 aliphatic carbocycles. The molecule has 2 amide bonds. The number of urea groups is 1. The molecule has 0 fully saturated rings. The molecule has 0 aliphatic rings. The summed E-state index contributed by atoms with van der Waals surface area (Å²) < 4.78 is 7.59. The Hall–Kier alpha value is -3.35. The van der Waals surface area contributed by atoms with E-state index in [1.165, 1.54) is 0 Å². The number of benzene rings is 1. The van der Waals surface area contributed by atoms with Crippen molar-refractivity contribution < 1.29 is 9.53 Å². The molecule has 0 aliphatic heterocycles. The van der Waals surface area contributed by atoms with Crippen LogP contribution in [-0.4, -0.2) is 32.9 Å². The largest absolute Gasteiger partial charge is 0.489 e. The SMILES string of the molecule is CC(NC(=O)Nc1ccn(Cc2ccncc2)n1)C(C)Oc1ccccc1. The Morgan fingerprint density at radius 2 is 1.85 bits per heavy atom. The second kappa shape index (κ2) is 8.84. The minimum Gasteiger partial charge on any atom is -0.489 e. The fraction of sp³-hybridized carbons (Fsp3) is 0.250. The van der Waals surface area contributed by atoms with Gasteiger partial charge in [-0.3, -0.25) is 15.0 Å². The van der Waals surface area contributed by atoms with Gasteiger partial charge in [-0.2, -0.15) is 5.10 Å². The molecular weight excluding hydrogens is 342 g/mol. The van der Waals surface area contributed by atoms with Gasteiger partial charge in [0.15, 0.2) is 5.82 Å². The van der Waals surface area contributed by atoms with Gasteiger partial charge in [-0.25, -0.2) is 4.79 Å². The summed E-state index contributed by atoms with van der Waals surface area (Å²) in [7, 11) is 0. The van der Waals surface area contributed by atoms with E-state index in [0.717, 1.165) is 11.3 Å². The summed E-state index contributed by atoms with van der Waals surface area (Å²) >= 11 is 0. The maximum atomic E-state index is 12.2. The Morgan fingerprint density at radius 3 is 2.59 bits per heavy atom. The van der Waals surface area contributed by atoms with Crippen LogP contribution in [0.15, 0.2) is 67.1 Å². The molecule has 27 heavy (non-hydrogen) atoms. The lowest BCUT2D eigenvalue weighted by molar-refractivity contribution is 0.178. The molecule has 2 atom stereocenters. The molecule has 7 nitrogen and oxygen atoms in total. The summed E-state index contributed by atoms with van der Waals surface area (Å²) in [6.45, 7) is 4.43. The van der Waals surface area contributed by atoms with E-state index in [2.05, 4.69) is 20.7 Å². The third-order valence-electron chi connectivity index (χ3n) is 4.10. The van der Waals surface area contributed by atoms with Crippen LogP contribution in [0.25, 0.3) is 0 Å². The first-order chi connectivity index (χ1) is 13.1. The van der Waals surface area contributed by atoms with Gasteiger partial charge in [0, 0.05) is 24.7 Å². The van der Waals surface area contributed by atoms with Crippen LogP contribution >= 0.6 is 0 Å². The lowest BCUT2D eigenvalue weighted by Crippen LogP contribution is -2.44. The van der Waals surface area contributed by atoms with Gasteiger partial charge in [-0.05, 0) is 43.7 Å². The molecule has 7 heteroatoms. The van der Waals surface area contributed by atoms with Gasteiger partial charge in [0.2, 0.25) is 0 Å². The van der Waals surface area contributed by atoms with Crippen molar-refractivity contribution in [1.29, 1.82) is 0 Å². The van der Waals surface area contributed by atoms with Crippen molar-refractivity contribution in [3.63, 3.8) is 0 Å². The van der Waals surface area contributed by atoms with E-state index in [4.69, 9.17) is 4.74 Å². The third kappa shape index (κ3) is 5.57. The third-order valence-corrected chi connectivity index (χ3v) is 4.10. The number of pyridine rings is 1. The number of rotatable bonds is 7. The number of amides is 2. The molecule has 2 heterocycles. The smallest absolute Gasteiger partial charge is 0.320 e. The van der Waals surface area contributed by atoms with E-state index in [0.29, 0.717) is 12.4 Å². The van der Waals surface area contributed by atoms with Crippen LogP contribution < -0.4 is 15.4 Å². The molecule has 2 unspecified atom stereocenters. The molecular formula is C20H23N5O2. The van der Waals surface area contributed by atoms with Crippen LogP contribution in [0.3, 0.4) is 0 Å². The van der Waals surface area contributed by atoms with Gasteiger partial charge in [0.1, 0.15) is 11.9 Å². The average Bonchev–Trinajstić information content (AvgIpc) is 3.09. The van der Waals surface area contributed by atoms with Crippen molar-refractivity contribution in [3.8, 4) is 5.75 Å². The van der Waals surface area contributed by atoms with Crippen molar-refractivity contribution in [1.82, 2.24) is 20.1 Å². The van der Waals surface area contributed by atoms with E-state index in [1.807, 2.05) is 62.5 Å². The van der Waals surface area contributed by atoms with Crippen LogP contribution in [0.1, 0.15) is 19.4 Å². The predicted octanol–water partition coefficient (Wildman–Crippen LogP) is 3.30. The van der Waals surface area contributed by atoms with Crippen molar-refractivity contribution in [2.75, 3.05) is 5.32 Å². The zero-order chi connectivity index (χ0) is 19.1. The van der Waals surface area contributed by atoms with E-state index in [1.54, 1.807) is 23.1 Å². The van der Waals surface area contributed by atoms with E-state index in [-0.39, 0.29) is 18.2 Å². The average molecular weight is 365 g/mol. The quantitative estimate of drug-likeness (QED) is 0.673. The number of nitrogens with zero attached hydrogens (tertiary/aromatic N) is 3. The topological polar surface area (TPSA) is 81.1 Å². The fourth-order valence-corrected chi connectivity index (χ4v) is 2.48. The predicted molar refractivity (Wildman–Crippen MR) is 104 cm³/mol. The number of carbonyl (C=O) groups excluding carboxylic acids is 1. The van der Waals surface area contributed by atoms with Crippen LogP contribution in [0.5, 0.6) is 5.75 Å². The Bertz CT molecular complexity index is 851. The highest BCUT2D eigenvalue weighted by Crippen LogP contribution is 2.12. The summed E-state index contributed by atoms with van der Waals surface area (Å²) in [4.78, 5) is 16.2. The van der Waals surface area contributed by atoms with Crippen LogP contribution in [0, 0.1) is 0 Å². The molecule has 2 N–H and O–H groups in total. The molecule has 0 spiro atoms. The molecule has 1 aromatic carbocycles. The summed E-state index contributed by atoms with van der Waals surface area (Å²) in [5.41, 5.74) is 1.09. The summed E-state index contributed by atoms with van der Waals surface area (Å²) in [5.74, 6) is 1.26. The monoisotopic (exact) mass is 365 g/mol. The minimum atomic E-state index is -0.319. The number of para-hydroxylation sites is 1. The molecule has 3 aromatic rings. The Labute approximate surface area is 158 Å². The number of carbonyl (C=O) groups is 1. The molecule has 0 bridgehead atoms. The van der Waals surface area contributed by atoms with Crippen LogP contribution in [0.2, 0.25) is 0 Å². The van der Waals surface area contributed by atoms with Crippen molar-refractivity contribution in [3.05, 3.63) is 72.7 Å². The summed E-state index contributed by atoms with van der Waals surface area (Å²) in [5, 5.41) is 9.98. The Morgan fingerprint density at radius 1 is 1.11 bits per heavy atom. The minimum absolute atomic E-state index is 0.177. The first-order valence-corrected chi connectivity index (χ1v) is 8.82. The number of aromatic nitrogens is 3. The highest BCUT2D eigenvalue weighted by molar-refractivity contribution is 5.88. The van der Waals surface area contributed by atoms with Crippen molar-refractivity contribution in [2.45, 2.75) is 32.5 Å². The van der Waals surface area contributed by atoms with Gasteiger partial charge in [0.05, 0.1) is 12.6 Å². The number of nitrogens with one attached hydrogen (secondary N) is 2. The molecule has 2 aromatic heterocycles. The lowest BCUT2D eigenvalue weighted by Gasteiger charge is -2.22. The van der Waals surface area contributed by atoms with Crippen molar-refractivity contribution in [2.24, 2.45) is 0 Å². The number of ether oxygens (including phenoxy) is 1. The van der Waals surface area contributed by atoms with Gasteiger partial charge >= 0.3 is 6.03 Å². The zero-order valence-corrected chi connectivity index (χ0v) is 15.4. The van der Waals surface area contributed by atoms with Crippen LogP contribution in [-0.2, 0) is 6.54 Å². The van der Waals surface area contributed by atoms with E-state index < -0.39 is 0 Å². The normalized spacial score (nSPS) is 12.8. The van der Waals surface area contributed by atoms with Gasteiger partial charge in [-0.1, -0.05) is 18.2 Å². The Kier molecular flexibility index (Phi) is 6.04. The summed E-state index contributed by atoms with van der Waals surface area (Å²) in [6, 6.07) is 14.6. The maximum Gasteiger partial charge on any atom is 0.320 e. The summed E-state index contributed by atoms with van der Waals surface area (Å²) in [6.07, 6.45) is 5.12. The van der Waals surface area contributed by atoms with Crippen molar-refractivity contribution >= 4 is 11.8 Å².